The van der Waals surface area contributed by atoms with E-state index in [0.717, 1.165) is 0 Å². The molecule has 25 heavy (non-hydrogen) atoms. The maximum absolute atomic E-state index is 6.62. The van der Waals surface area contributed by atoms with Crippen molar-refractivity contribution in [1.29, 1.82) is 0 Å². The average Bonchev–Trinajstić information content (AvgIpc) is 2.85. The van der Waals surface area contributed by atoms with E-state index in [9.17, 15) is 0 Å². The molecule has 0 aliphatic heterocycles. The van der Waals surface area contributed by atoms with E-state index >= 15 is 0 Å². The second-order valence-corrected chi connectivity index (χ2v) is 17.0. The van der Waals surface area contributed by atoms with E-state index in [1.165, 1.54) is 44.5 Å². The molecule has 0 radical (unpaired) electrons. The van der Waals surface area contributed by atoms with E-state index in [1.807, 2.05) is 0 Å². The number of hydrogen-bond acceptors (Lipinski definition) is 0. The van der Waals surface area contributed by atoms with Crippen LogP contribution in [0.3, 0.4) is 0 Å². The third-order valence-corrected chi connectivity index (χ3v) is 10.2. The van der Waals surface area contributed by atoms with Crippen LogP contribution in [0.25, 0.3) is 17.2 Å². The third-order valence-electron chi connectivity index (χ3n) is 5.00. The summed E-state index contributed by atoms with van der Waals surface area (Å²) in [4.78, 5) is 0. The van der Waals surface area contributed by atoms with Gasteiger partial charge in [-0.25, -0.2) is 0 Å². The van der Waals surface area contributed by atoms with Crippen LogP contribution in [-0.4, -0.2) is 0 Å². The van der Waals surface area contributed by atoms with Gasteiger partial charge in [-0.1, -0.05) is 0 Å². The normalized spacial score (nSPS) is 16.6. The summed E-state index contributed by atoms with van der Waals surface area (Å²) in [5.74, 6) is 0. The zero-order valence-corrected chi connectivity index (χ0v) is 19.8. The quantitative estimate of drug-likeness (QED) is 0.439. The van der Waals surface area contributed by atoms with Crippen molar-refractivity contribution < 1.29 is 19.4 Å². The molecular formula is C22H25Cl2Zr. The molecule has 2 aromatic carbocycles. The molecule has 0 saturated carbocycles. The molecule has 1 aliphatic carbocycles. The van der Waals surface area contributed by atoms with Crippen molar-refractivity contribution in [3.63, 3.8) is 0 Å². The van der Waals surface area contributed by atoms with Gasteiger partial charge in [0.05, 0.1) is 0 Å². The summed E-state index contributed by atoms with van der Waals surface area (Å²) in [6.45, 7) is 13.3. The Morgan fingerprint density at radius 2 is 1.52 bits per heavy atom. The Balaban J connectivity index is 2.30. The van der Waals surface area contributed by atoms with E-state index in [4.69, 9.17) is 17.0 Å². The number of fused-ring (bicyclic) bond motifs is 1. The van der Waals surface area contributed by atoms with Crippen molar-refractivity contribution in [2.45, 2.75) is 45.2 Å². The van der Waals surface area contributed by atoms with Gasteiger partial charge in [0, 0.05) is 0 Å². The zero-order valence-electron chi connectivity index (χ0n) is 15.8. The average molecular weight is 452 g/mol. The van der Waals surface area contributed by atoms with Crippen LogP contribution < -0.4 is 0 Å². The standard InChI is InChI=1S/C22H25.2ClH.Zr/c1-14-9-15(2)11-18(10-14)21-16(3)7-8-17-12-19(13-20(17)21)22(4,5)6;;;/h7-13H,1-6H3;2*1H;/q;;;+2/p-2. The molecule has 0 amide bonds. The van der Waals surface area contributed by atoms with Gasteiger partial charge in [0.1, 0.15) is 0 Å². The SMILES string of the molecule is Cc1cc(C)cc(-c2c(C)ccc3c2C=C(C(C)(C)C)[CH]3[Zr]([Cl])[Cl])c1. The number of aryl methyl sites for hydroxylation is 3. The van der Waals surface area contributed by atoms with Crippen molar-refractivity contribution in [3.8, 4) is 11.1 Å². The monoisotopic (exact) mass is 449 g/mol. The molecule has 0 aromatic heterocycles. The van der Waals surface area contributed by atoms with E-state index < -0.39 is 19.4 Å². The molecule has 0 bridgehead atoms. The first-order valence-corrected chi connectivity index (χ1v) is 16.5. The Hall–Kier alpha value is -0.357. The van der Waals surface area contributed by atoms with Gasteiger partial charge in [-0.15, -0.1) is 0 Å². The molecule has 131 valence electrons. The molecule has 0 fully saturated rings. The minimum atomic E-state index is -2.49. The summed E-state index contributed by atoms with van der Waals surface area (Å²) in [7, 11) is 13.2. The summed E-state index contributed by atoms with van der Waals surface area (Å²) in [6, 6.07) is 11.3. The van der Waals surface area contributed by atoms with Crippen LogP contribution >= 0.6 is 17.0 Å². The van der Waals surface area contributed by atoms with Crippen LogP contribution in [-0.2, 0) is 19.4 Å². The van der Waals surface area contributed by atoms with Gasteiger partial charge >= 0.3 is 168 Å². The zero-order chi connectivity index (χ0) is 18.5. The van der Waals surface area contributed by atoms with Crippen LogP contribution in [0.2, 0.25) is 0 Å². The Bertz CT molecular complexity index is 837. The molecule has 3 rings (SSSR count). The first-order chi connectivity index (χ1) is 11.6. The second kappa shape index (κ2) is 6.99. The number of hydrogen-bond donors (Lipinski definition) is 0. The topological polar surface area (TPSA) is 0 Å². The molecule has 0 nitrogen and oxygen atoms in total. The molecule has 1 aliphatic rings. The Morgan fingerprint density at radius 1 is 0.920 bits per heavy atom. The fraction of sp³-hybridized carbons (Fsp3) is 0.364. The second-order valence-electron chi connectivity index (χ2n) is 8.21. The summed E-state index contributed by atoms with van der Waals surface area (Å²) in [6.07, 6.45) is 2.38. The molecule has 1 unspecified atom stereocenters. The van der Waals surface area contributed by atoms with E-state index in [2.05, 4.69) is 78.0 Å². The van der Waals surface area contributed by atoms with Crippen LogP contribution in [0.15, 0.2) is 35.9 Å². The Morgan fingerprint density at radius 3 is 2.04 bits per heavy atom. The predicted octanol–water partition coefficient (Wildman–Crippen LogP) is 7.69. The summed E-state index contributed by atoms with van der Waals surface area (Å²) < 4.78 is 0.256. The number of rotatable bonds is 2. The van der Waals surface area contributed by atoms with Crippen molar-refractivity contribution in [3.05, 3.63) is 63.7 Å². The molecule has 0 N–H and O–H groups in total. The van der Waals surface area contributed by atoms with Gasteiger partial charge in [0.25, 0.3) is 0 Å². The molecule has 3 heteroatoms. The van der Waals surface area contributed by atoms with Crippen LogP contribution in [0, 0.1) is 26.2 Å². The van der Waals surface area contributed by atoms with Crippen LogP contribution in [0.5, 0.6) is 0 Å². The Labute approximate surface area is 167 Å². The number of benzene rings is 2. The van der Waals surface area contributed by atoms with Gasteiger partial charge in [-0.05, 0) is 0 Å². The fourth-order valence-electron chi connectivity index (χ4n) is 3.95. The van der Waals surface area contributed by atoms with Crippen molar-refractivity contribution in [2.75, 3.05) is 0 Å². The van der Waals surface area contributed by atoms with E-state index in [-0.39, 0.29) is 9.04 Å². The van der Waals surface area contributed by atoms with Gasteiger partial charge < -0.3 is 0 Å². The van der Waals surface area contributed by atoms with Crippen LogP contribution in [0.4, 0.5) is 0 Å². The van der Waals surface area contributed by atoms with E-state index in [0.29, 0.717) is 0 Å². The van der Waals surface area contributed by atoms with Gasteiger partial charge in [-0.2, -0.15) is 0 Å². The van der Waals surface area contributed by atoms with Gasteiger partial charge in [-0.3, -0.25) is 0 Å². The molecule has 1 atom stereocenters. The molecule has 0 saturated heterocycles. The van der Waals surface area contributed by atoms with E-state index in [1.54, 1.807) is 0 Å². The first-order valence-electron chi connectivity index (χ1n) is 8.71. The van der Waals surface area contributed by atoms with Gasteiger partial charge in [0.2, 0.25) is 0 Å². The van der Waals surface area contributed by atoms with Gasteiger partial charge in [0.15, 0.2) is 0 Å². The Kier molecular flexibility index (Phi) is 5.43. The molecule has 0 heterocycles. The predicted molar refractivity (Wildman–Crippen MR) is 108 cm³/mol. The summed E-state index contributed by atoms with van der Waals surface area (Å²) in [5, 5.41) is 0. The summed E-state index contributed by atoms with van der Waals surface area (Å²) >= 11 is -2.49. The first kappa shape index (κ1) is 19.4. The number of halogens is 2. The third kappa shape index (κ3) is 3.71. The molecule has 2 aromatic rings. The molecular weight excluding hydrogens is 426 g/mol. The van der Waals surface area contributed by atoms with Crippen molar-refractivity contribution >= 4 is 23.1 Å². The van der Waals surface area contributed by atoms with Crippen LogP contribution in [0.1, 0.15) is 52.2 Å². The number of allylic oxidation sites excluding steroid dienone is 1. The maximum atomic E-state index is 6.62. The van der Waals surface area contributed by atoms with Crippen molar-refractivity contribution in [1.82, 2.24) is 0 Å². The minimum absolute atomic E-state index is 0.0764. The molecule has 0 spiro atoms. The van der Waals surface area contributed by atoms with Crippen molar-refractivity contribution in [2.24, 2.45) is 5.41 Å². The fourth-order valence-corrected chi connectivity index (χ4v) is 9.77. The summed E-state index contributed by atoms with van der Waals surface area (Å²) in [5.41, 5.74) is 10.7.